The molecule has 0 aromatic rings. The summed E-state index contributed by atoms with van der Waals surface area (Å²) in [6.45, 7) is 5.50. The second-order valence-electron chi connectivity index (χ2n) is 4.12. The maximum Gasteiger partial charge on any atom is 0.0232 e. The predicted molar refractivity (Wildman–Crippen MR) is 52.2 cm³/mol. The van der Waals surface area contributed by atoms with Gasteiger partial charge in [-0.3, -0.25) is 0 Å². The second-order valence-corrected chi connectivity index (χ2v) is 4.12. The molecule has 1 aliphatic heterocycles. The topological polar surface area (TPSA) is 32.5 Å². The lowest BCUT2D eigenvalue weighted by Gasteiger charge is -2.25. The van der Waals surface area contributed by atoms with Crippen molar-refractivity contribution in [1.82, 2.24) is 9.80 Å². The van der Waals surface area contributed by atoms with E-state index >= 15 is 0 Å². The third kappa shape index (κ3) is 2.73. The van der Waals surface area contributed by atoms with Crippen molar-refractivity contribution in [2.45, 2.75) is 25.4 Å². The van der Waals surface area contributed by atoms with E-state index in [4.69, 9.17) is 5.73 Å². The zero-order valence-electron chi connectivity index (χ0n) is 8.45. The maximum absolute atomic E-state index is 5.74. The number of nitrogens with two attached hydrogens (primary N) is 1. The van der Waals surface area contributed by atoms with Gasteiger partial charge in [0.05, 0.1) is 0 Å². The summed E-state index contributed by atoms with van der Waals surface area (Å²) in [4.78, 5) is 4.76. The number of nitrogens with zero attached hydrogens (tertiary/aromatic N) is 2. The van der Waals surface area contributed by atoms with Crippen LogP contribution in [0.3, 0.4) is 0 Å². The SMILES string of the molecule is C[C@@H](N)CN(C)C1CCN(C)C1. The lowest BCUT2D eigenvalue weighted by Crippen LogP contribution is -2.40. The highest BCUT2D eigenvalue weighted by molar-refractivity contribution is 4.81. The van der Waals surface area contributed by atoms with E-state index in [-0.39, 0.29) is 0 Å². The quantitative estimate of drug-likeness (QED) is 0.647. The van der Waals surface area contributed by atoms with Crippen LogP contribution < -0.4 is 5.73 Å². The van der Waals surface area contributed by atoms with Crippen LogP contribution in [0.25, 0.3) is 0 Å². The zero-order valence-corrected chi connectivity index (χ0v) is 8.45. The number of likely N-dealkylation sites (tertiary alicyclic amines) is 1. The molecule has 1 unspecified atom stereocenters. The molecule has 0 aromatic heterocycles. The predicted octanol–water partition coefficient (Wildman–Crippen LogP) is -0.0305. The van der Waals surface area contributed by atoms with E-state index in [9.17, 15) is 0 Å². The number of hydrogen-bond acceptors (Lipinski definition) is 3. The van der Waals surface area contributed by atoms with E-state index in [0.29, 0.717) is 6.04 Å². The van der Waals surface area contributed by atoms with Gasteiger partial charge in [0.25, 0.3) is 0 Å². The van der Waals surface area contributed by atoms with Crippen LogP contribution in [0.1, 0.15) is 13.3 Å². The molecule has 1 fully saturated rings. The molecule has 0 aromatic carbocycles. The zero-order chi connectivity index (χ0) is 9.14. The Bertz CT molecular complexity index is 136. The van der Waals surface area contributed by atoms with Crippen molar-refractivity contribution < 1.29 is 0 Å². The van der Waals surface area contributed by atoms with Gasteiger partial charge in [0, 0.05) is 25.2 Å². The molecule has 0 radical (unpaired) electrons. The molecule has 3 heteroatoms. The molecule has 1 aliphatic rings. The number of hydrogen-bond donors (Lipinski definition) is 1. The molecule has 2 atom stereocenters. The molecule has 3 nitrogen and oxygen atoms in total. The lowest BCUT2D eigenvalue weighted by atomic mass is 10.2. The highest BCUT2D eigenvalue weighted by atomic mass is 15.2. The summed E-state index contributed by atoms with van der Waals surface area (Å²) >= 11 is 0. The van der Waals surface area contributed by atoms with Crippen LogP contribution in [0.15, 0.2) is 0 Å². The molecule has 72 valence electrons. The van der Waals surface area contributed by atoms with E-state index in [0.717, 1.165) is 12.6 Å². The Balaban J connectivity index is 2.28. The van der Waals surface area contributed by atoms with Gasteiger partial charge in [-0.05, 0) is 34.0 Å². The molecule has 1 heterocycles. The minimum absolute atomic E-state index is 0.293. The van der Waals surface area contributed by atoms with Crippen molar-refractivity contribution in [3.63, 3.8) is 0 Å². The van der Waals surface area contributed by atoms with Crippen molar-refractivity contribution in [1.29, 1.82) is 0 Å². The summed E-state index contributed by atoms with van der Waals surface area (Å²) in [6.07, 6.45) is 1.29. The Hall–Kier alpha value is -0.120. The van der Waals surface area contributed by atoms with Gasteiger partial charge in [0.2, 0.25) is 0 Å². The Labute approximate surface area is 75.5 Å². The van der Waals surface area contributed by atoms with Crippen molar-refractivity contribution >= 4 is 0 Å². The third-order valence-corrected chi connectivity index (χ3v) is 2.57. The molecule has 1 saturated heterocycles. The average Bonchev–Trinajstić information content (AvgIpc) is 2.34. The highest BCUT2D eigenvalue weighted by Crippen LogP contribution is 2.11. The van der Waals surface area contributed by atoms with E-state index < -0.39 is 0 Å². The minimum Gasteiger partial charge on any atom is -0.327 e. The molecule has 12 heavy (non-hydrogen) atoms. The molecule has 1 rings (SSSR count). The van der Waals surface area contributed by atoms with E-state index in [1.165, 1.54) is 19.5 Å². The molecular formula is C9H21N3. The molecule has 2 N–H and O–H groups in total. The van der Waals surface area contributed by atoms with Gasteiger partial charge in [-0.1, -0.05) is 0 Å². The molecule has 0 saturated carbocycles. The number of likely N-dealkylation sites (N-methyl/N-ethyl adjacent to an activating group) is 2. The van der Waals surface area contributed by atoms with Gasteiger partial charge < -0.3 is 15.5 Å². The molecular weight excluding hydrogens is 150 g/mol. The van der Waals surface area contributed by atoms with Crippen molar-refractivity contribution in [2.24, 2.45) is 5.73 Å². The Morgan fingerprint density at radius 2 is 2.33 bits per heavy atom. The van der Waals surface area contributed by atoms with Gasteiger partial charge in [-0.25, -0.2) is 0 Å². The first-order valence-electron chi connectivity index (χ1n) is 4.74. The molecule has 0 spiro atoms. The first kappa shape index (κ1) is 9.96. The fraction of sp³-hybridized carbons (Fsp3) is 1.00. The maximum atomic E-state index is 5.74. The van der Waals surface area contributed by atoms with Gasteiger partial charge >= 0.3 is 0 Å². The summed E-state index contributed by atoms with van der Waals surface area (Å²) < 4.78 is 0. The summed E-state index contributed by atoms with van der Waals surface area (Å²) in [5.41, 5.74) is 5.74. The van der Waals surface area contributed by atoms with Crippen molar-refractivity contribution in [2.75, 3.05) is 33.7 Å². The van der Waals surface area contributed by atoms with Crippen LogP contribution in [-0.4, -0.2) is 55.6 Å². The van der Waals surface area contributed by atoms with Crippen LogP contribution in [0.4, 0.5) is 0 Å². The van der Waals surface area contributed by atoms with Gasteiger partial charge in [0.15, 0.2) is 0 Å². The summed E-state index contributed by atoms with van der Waals surface area (Å²) in [7, 11) is 4.35. The fourth-order valence-electron chi connectivity index (χ4n) is 1.87. The van der Waals surface area contributed by atoms with E-state index in [1.807, 2.05) is 0 Å². The van der Waals surface area contributed by atoms with E-state index in [1.54, 1.807) is 0 Å². The molecule has 0 bridgehead atoms. The standard InChI is InChI=1S/C9H21N3/c1-8(10)6-12(3)9-4-5-11(2)7-9/h8-9H,4-7,10H2,1-3H3/t8-,9?/m1/s1. The lowest BCUT2D eigenvalue weighted by molar-refractivity contribution is 0.232. The van der Waals surface area contributed by atoms with Crippen LogP contribution in [0.5, 0.6) is 0 Å². The van der Waals surface area contributed by atoms with Gasteiger partial charge in [-0.2, -0.15) is 0 Å². The Morgan fingerprint density at radius 3 is 2.75 bits per heavy atom. The largest absolute Gasteiger partial charge is 0.327 e. The van der Waals surface area contributed by atoms with Gasteiger partial charge in [0.1, 0.15) is 0 Å². The first-order valence-corrected chi connectivity index (χ1v) is 4.74. The Kier molecular flexibility index (Phi) is 3.50. The fourth-order valence-corrected chi connectivity index (χ4v) is 1.87. The van der Waals surface area contributed by atoms with Crippen LogP contribution >= 0.6 is 0 Å². The average molecular weight is 171 g/mol. The Morgan fingerprint density at radius 1 is 1.67 bits per heavy atom. The normalized spacial score (nSPS) is 28.2. The monoisotopic (exact) mass is 171 g/mol. The molecule has 0 aliphatic carbocycles. The minimum atomic E-state index is 0.293. The molecule has 0 amide bonds. The van der Waals surface area contributed by atoms with Crippen LogP contribution in [0, 0.1) is 0 Å². The summed E-state index contributed by atoms with van der Waals surface area (Å²) in [5.74, 6) is 0. The summed E-state index contributed by atoms with van der Waals surface area (Å²) in [6, 6.07) is 1.02. The van der Waals surface area contributed by atoms with Gasteiger partial charge in [-0.15, -0.1) is 0 Å². The second kappa shape index (κ2) is 4.21. The van der Waals surface area contributed by atoms with Crippen LogP contribution in [-0.2, 0) is 0 Å². The third-order valence-electron chi connectivity index (χ3n) is 2.57. The smallest absolute Gasteiger partial charge is 0.0232 e. The van der Waals surface area contributed by atoms with E-state index in [2.05, 4.69) is 30.8 Å². The van der Waals surface area contributed by atoms with Crippen LogP contribution in [0.2, 0.25) is 0 Å². The van der Waals surface area contributed by atoms with Crippen molar-refractivity contribution in [3.05, 3.63) is 0 Å². The summed E-state index contributed by atoms with van der Waals surface area (Å²) in [5, 5.41) is 0. The first-order chi connectivity index (χ1) is 5.59. The number of rotatable bonds is 3. The van der Waals surface area contributed by atoms with Crippen molar-refractivity contribution in [3.8, 4) is 0 Å². The highest BCUT2D eigenvalue weighted by Gasteiger charge is 2.23.